The topological polar surface area (TPSA) is 43.9 Å². The van der Waals surface area contributed by atoms with Crippen LogP contribution in [-0.2, 0) is 11.3 Å². The Kier molecular flexibility index (Phi) is 5.73. The molecule has 1 unspecified atom stereocenters. The first-order valence-corrected chi connectivity index (χ1v) is 11.2. The quantitative estimate of drug-likeness (QED) is 0.618. The zero-order chi connectivity index (χ0) is 21.9. The number of carbonyl (C=O) groups is 2. The van der Waals surface area contributed by atoms with Crippen molar-refractivity contribution in [1.29, 1.82) is 0 Å². The Morgan fingerprint density at radius 1 is 0.781 bits per heavy atom. The number of hydrogen-bond acceptors (Lipinski definition) is 3. The number of rotatable bonds is 5. The van der Waals surface area contributed by atoms with Crippen molar-refractivity contribution < 1.29 is 9.59 Å². The second-order valence-corrected chi connectivity index (χ2v) is 8.46. The van der Waals surface area contributed by atoms with Gasteiger partial charge in [0.1, 0.15) is 0 Å². The molecule has 2 amide bonds. The first-order chi connectivity index (χ1) is 15.7. The summed E-state index contributed by atoms with van der Waals surface area (Å²) in [4.78, 5) is 32.6. The van der Waals surface area contributed by atoms with Crippen LogP contribution in [0.2, 0.25) is 0 Å². The summed E-state index contributed by atoms with van der Waals surface area (Å²) in [5.74, 6) is 0.0806. The third-order valence-corrected chi connectivity index (χ3v) is 6.46. The van der Waals surface area contributed by atoms with E-state index in [4.69, 9.17) is 0 Å². The van der Waals surface area contributed by atoms with Crippen molar-refractivity contribution in [3.8, 4) is 0 Å². The molecule has 1 saturated heterocycles. The SMILES string of the molecule is O=C(CC1c2ccccc2C(=O)N1c1ccccc1)N1CCN(Cc2ccccc2)CC1. The first-order valence-electron chi connectivity index (χ1n) is 11.2. The standard InChI is InChI=1S/C27H27N3O2/c31-26(29-17-15-28(16-18-29)20-21-9-3-1-4-10-21)19-25-23-13-7-8-14-24(23)27(32)30(25)22-11-5-2-6-12-22/h1-14,25H,15-20H2. The number of hydrogen-bond donors (Lipinski definition) is 0. The van der Waals surface area contributed by atoms with Crippen LogP contribution in [0.1, 0.15) is 33.9 Å². The molecular weight excluding hydrogens is 398 g/mol. The normalized spacial score (nSPS) is 18.6. The van der Waals surface area contributed by atoms with Crippen molar-refractivity contribution in [3.05, 3.63) is 102 Å². The van der Waals surface area contributed by atoms with E-state index in [1.807, 2.05) is 65.6 Å². The summed E-state index contributed by atoms with van der Waals surface area (Å²) in [6.07, 6.45) is 0.302. The lowest BCUT2D eigenvalue weighted by Crippen LogP contribution is -2.49. The summed E-state index contributed by atoms with van der Waals surface area (Å²) in [6.45, 7) is 4.08. The molecule has 2 heterocycles. The van der Waals surface area contributed by atoms with Crippen LogP contribution in [0.3, 0.4) is 0 Å². The Hall–Kier alpha value is -3.44. The van der Waals surface area contributed by atoms with Gasteiger partial charge in [0, 0.05) is 44.0 Å². The fourth-order valence-corrected chi connectivity index (χ4v) is 4.77. The average Bonchev–Trinajstić information content (AvgIpc) is 3.12. The van der Waals surface area contributed by atoms with Crippen molar-refractivity contribution in [1.82, 2.24) is 9.80 Å². The summed E-state index contributed by atoms with van der Waals surface area (Å²) in [5.41, 5.74) is 3.77. The van der Waals surface area contributed by atoms with Crippen LogP contribution in [0.15, 0.2) is 84.9 Å². The molecule has 32 heavy (non-hydrogen) atoms. The van der Waals surface area contributed by atoms with Crippen LogP contribution in [0, 0.1) is 0 Å². The summed E-state index contributed by atoms with van der Waals surface area (Å²) >= 11 is 0. The second kappa shape index (κ2) is 8.97. The molecule has 162 valence electrons. The van der Waals surface area contributed by atoms with Crippen LogP contribution in [0.5, 0.6) is 0 Å². The van der Waals surface area contributed by atoms with E-state index in [-0.39, 0.29) is 17.9 Å². The smallest absolute Gasteiger partial charge is 0.259 e. The number of fused-ring (bicyclic) bond motifs is 1. The number of carbonyl (C=O) groups excluding carboxylic acids is 2. The highest BCUT2D eigenvalue weighted by Crippen LogP contribution is 2.39. The lowest BCUT2D eigenvalue weighted by Gasteiger charge is -2.36. The van der Waals surface area contributed by atoms with Crippen LogP contribution in [-0.4, -0.2) is 47.8 Å². The van der Waals surface area contributed by atoms with Gasteiger partial charge in [-0.15, -0.1) is 0 Å². The van der Waals surface area contributed by atoms with Gasteiger partial charge in [0.05, 0.1) is 12.5 Å². The van der Waals surface area contributed by atoms with E-state index < -0.39 is 0 Å². The Bertz CT molecular complexity index is 1090. The van der Waals surface area contributed by atoms with Gasteiger partial charge < -0.3 is 9.80 Å². The molecule has 5 rings (SSSR count). The Balaban J connectivity index is 1.28. The van der Waals surface area contributed by atoms with Gasteiger partial charge >= 0.3 is 0 Å². The van der Waals surface area contributed by atoms with E-state index >= 15 is 0 Å². The lowest BCUT2D eigenvalue weighted by molar-refractivity contribution is -0.133. The zero-order valence-corrected chi connectivity index (χ0v) is 18.1. The molecule has 0 spiro atoms. The van der Waals surface area contributed by atoms with Gasteiger partial charge in [-0.1, -0.05) is 66.7 Å². The van der Waals surface area contributed by atoms with Crippen LogP contribution in [0.25, 0.3) is 0 Å². The number of anilines is 1. The molecule has 0 aliphatic carbocycles. The van der Waals surface area contributed by atoms with E-state index in [0.717, 1.165) is 44.0 Å². The van der Waals surface area contributed by atoms with E-state index in [0.29, 0.717) is 12.0 Å². The molecule has 3 aromatic rings. The van der Waals surface area contributed by atoms with E-state index in [9.17, 15) is 9.59 Å². The number of benzene rings is 3. The molecule has 0 radical (unpaired) electrons. The lowest BCUT2D eigenvalue weighted by atomic mass is 10.0. The average molecular weight is 426 g/mol. The van der Waals surface area contributed by atoms with Gasteiger partial charge in [0.15, 0.2) is 0 Å². The number of para-hydroxylation sites is 1. The summed E-state index contributed by atoms with van der Waals surface area (Å²) in [6, 6.07) is 27.5. The van der Waals surface area contributed by atoms with Crippen molar-refractivity contribution in [2.75, 3.05) is 31.1 Å². The molecule has 1 fully saturated rings. The maximum Gasteiger partial charge on any atom is 0.259 e. The Labute approximate surface area is 188 Å². The van der Waals surface area contributed by atoms with E-state index in [1.165, 1.54) is 5.56 Å². The molecule has 0 bridgehead atoms. The zero-order valence-electron chi connectivity index (χ0n) is 18.1. The molecular formula is C27H27N3O2. The van der Waals surface area contributed by atoms with Gasteiger partial charge in [-0.3, -0.25) is 14.5 Å². The van der Waals surface area contributed by atoms with Crippen LogP contribution in [0.4, 0.5) is 5.69 Å². The predicted octanol–water partition coefficient (Wildman–Crippen LogP) is 4.12. The molecule has 2 aliphatic heterocycles. The van der Waals surface area contributed by atoms with E-state index in [2.05, 4.69) is 29.2 Å². The van der Waals surface area contributed by atoms with Crippen molar-refractivity contribution in [2.24, 2.45) is 0 Å². The fourth-order valence-electron chi connectivity index (χ4n) is 4.77. The van der Waals surface area contributed by atoms with Crippen molar-refractivity contribution in [2.45, 2.75) is 19.0 Å². The maximum absolute atomic E-state index is 13.3. The Morgan fingerprint density at radius 3 is 2.12 bits per heavy atom. The molecule has 0 N–H and O–H groups in total. The molecule has 0 saturated carbocycles. The molecule has 2 aliphatic rings. The molecule has 5 nitrogen and oxygen atoms in total. The molecule has 0 aromatic heterocycles. The number of nitrogens with zero attached hydrogens (tertiary/aromatic N) is 3. The summed E-state index contributed by atoms with van der Waals surface area (Å²) in [7, 11) is 0. The van der Waals surface area contributed by atoms with Gasteiger partial charge in [-0.25, -0.2) is 0 Å². The summed E-state index contributed by atoms with van der Waals surface area (Å²) < 4.78 is 0. The van der Waals surface area contributed by atoms with Crippen molar-refractivity contribution >= 4 is 17.5 Å². The first kappa shape index (κ1) is 20.5. The monoisotopic (exact) mass is 425 g/mol. The highest BCUT2D eigenvalue weighted by Gasteiger charge is 2.39. The molecule has 3 aromatic carbocycles. The number of amides is 2. The minimum absolute atomic E-state index is 0.0303. The molecule has 1 atom stereocenters. The van der Waals surface area contributed by atoms with Gasteiger partial charge in [-0.05, 0) is 29.3 Å². The third kappa shape index (κ3) is 4.04. The highest BCUT2D eigenvalue weighted by molar-refractivity contribution is 6.11. The fraction of sp³-hybridized carbons (Fsp3) is 0.259. The second-order valence-electron chi connectivity index (χ2n) is 8.46. The van der Waals surface area contributed by atoms with Crippen molar-refractivity contribution in [3.63, 3.8) is 0 Å². The number of piperazine rings is 1. The van der Waals surface area contributed by atoms with Crippen LogP contribution < -0.4 is 4.90 Å². The van der Waals surface area contributed by atoms with Gasteiger partial charge in [0.2, 0.25) is 5.91 Å². The highest BCUT2D eigenvalue weighted by atomic mass is 16.2. The minimum Gasteiger partial charge on any atom is -0.340 e. The predicted molar refractivity (Wildman–Crippen MR) is 125 cm³/mol. The van der Waals surface area contributed by atoms with E-state index in [1.54, 1.807) is 4.90 Å². The molecule has 5 heteroatoms. The Morgan fingerprint density at radius 2 is 1.41 bits per heavy atom. The van der Waals surface area contributed by atoms with Crippen LogP contribution >= 0.6 is 0 Å². The third-order valence-electron chi connectivity index (χ3n) is 6.46. The minimum atomic E-state index is -0.268. The largest absolute Gasteiger partial charge is 0.340 e. The summed E-state index contributed by atoms with van der Waals surface area (Å²) in [5, 5.41) is 0. The maximum atomic E-state index is 13.3. The van der Waals surface area contributed by atoms with Gasteiger partial charge in [-0.2, -0.15) is 0 Å². The van der Waals surface area contributed by atoms with Gasteiger partial charge in [0.25, 0.3) is 5.91 Å².